The number of amides is 2. The highest BCUT2D eigenvalue weighted by molar-refractivity contribution is 7.19. The number of hydrogen-bond acceptors (Lipinski definition) is 13. The van der Waals surface area contributed by atoms with Gasteiger partial charge in [-0.3, -0.25) is 35.2 Å². The predicted octanol–water partition coefficient (Wildman–Crippen LogP) is 6.76. The number of nitrogens with zero attached hydrogens (tertiary/aromatic N) is 7. The fraction of sp³-hybridized carbons (Fsp3) is 0.129. The second-order valence-corrected chi connectivity index (χ2v) is 11.9. The molecule has 0 aliphatic heterocycles. The van der Waals surface area contributed by atoms with Crippen LogP contribution in [-0.4, -0.2) is 46.7 Å². The zero-order valence-electron chi connectivity index (χ0n) is 24.7. The summed E-state index contributed by atoms with van der Waals surface area (Å²) >= 11 is 2.65. The lowest BCUT2D eigenvalue weighted by Crippen LogP contribution is -2.13. The molecule has 13 nitrogen and oxygen atoms in total. The molecule has 6 aromatic rings. The molecule has 2 amide bonds. The Balaban J connectivity index is 1.12. The van der Waals surface area contributed by atoms with Gasteiger partial charge in [0.2, 0.25) is 0 Å². The fourth-order valence-corrected chi connectivity index (χ4v) is 5.86. The molecule has 0 saturated carbocycles. The van der Waals surface area contributed by atoms with E-state index in [0.29, 0.717) is 39.0 Å². The number of nitrogens with one attached hydrogen (secondary N) is 2. The Kier molecular flexibility index (Phi) is 8.94. The molecule has 0 spiro atoms. The molecule has 2 N–H and O–H groups in total. The molecule has 0 aromatic carbocycles. The van der Waals surface area contributed by atoms with Gasteiger partial charge in [0.1, 0.15) is 35.0 Å². The lowest BCUT2D eigenvalue weighted by molar-refractivity contribution is 0.101. The van der Waals surface area contributed by atoms with E-state index in [1.807, 2.05) is 26.2 Å². The van der Waals surface area contributed by atoms with Gasteiger partial charge in [-0.1, -0.05) is 25.2 Å². The Morgan fingerprint density at radius 3 is 2.04 bits per heavy atom. The molecule has 0 aliphatic rings. The van der Waals surface area contributed by atoms with Crippen LogP contribution in [0.15, 0.2) is 79.2 Å². The Morgan fingerprint density at radius 1 is 0.761 bits per heavy atom. The van der Waals surface area contributed by atoms with Gasteiger partial charge >= 0.3 is 0 Å². The van der Waals surface area contributed by atoms with Crippen LogP contribution in [0.5, 0.6) is 23.0 Å². The van der Waals surface area contributed by atoms with Crippen LogP contribution >= 0.6 is 22.7 Å². The third-order valence-corrected chi connectivity index (χ3v) is 8.16. The van der Waals surface area contributed by atoms with E-state index in [0.717, 1.165) is 16.1 Å². The number of aryl methyl sites for hydroxylation is 1. The van der Waals surface area contributed by atoms with Gasteiger partial charge in [-0.2, -0.15) is 0 Å². The maximum atomic E-state index is 13.0. The van der Waals surface area contributed by atoms with Gasteiger partial charge in [0.15, 0.2) is 16.0 Å². The van der Waals surface area contributed by atoms with Crippen LogP contribution in [0.25, 0.3) is 10.4 Å². The van der Waals surface area contributed by atoms with E-state index in [1.165, 1.54) is 59.9 Å². The number of aromatic nitrogens is 7. The van der Waals surface area contributed by atoms with Crippen molar-refractivity contribution >= 4 is 44.8 Å². The molecule has 15 heteroatoms. The highest BCUT2D eigenvalue weighted by Gasteiger charge is 2.17. The Bertz CT molecular complexity index is 2010. The SMILES string of the molecule is Cc1nc(NC(=O)c2cc(Oc3cncnc3)ccn2)sc1-c1cncc(Oc2ccnc(C(=O)Nc3nc(C(C)C)cs3)c2)c1. The number of pyridine rings is 3. The Hall–Kier alpha value is -5.67. The zero-order valence-corrected chi connectivity index (χ0v) is 26.3. The first kappa shape index (κ1) is 30.4. The number of carbonyl (C=O) groups is 2. The van der Waals surface area contributed by atoms with Crippen LogP contribution in [0.1, 0.15) is 52.1 Å². The first-order chi connectivity index (χ1) is 22.3. The van der Waals surface area contributed by atoms with Crippen LogP contribution in [0, 0.1) is 6.92 Å². The number of rotatable bonds is 10. The molecule has 0 bridgehead atoms. The summed E-state index contributed by atoms with van der Waals surface area (Å²) in [5, 5.41) is 8.40. The maximum Gasteiger partial charge on any atom is 0.276 e. The number of carbonyl (C=O) groups excluding carboxylic acids is 2. The van der Waals surface area contributed by atoms with Crippen LogP contribution in [0.4, 0.5) is 10.3 Å². The van der Waals surface area contributed by atoms with Crippen molar-refractivity contribution in [2.24, 2.45) is 0 Å². The Labute approximate surface area is 270 Å². The van der Waals surface area contributed by atoms with E-state index in [9.17, 15) is 9.59 Å². The molecule has 230 valence electrons. The smallest absolute Gasteiger partial charge is 0.276 e. The number of hydrogen-bond donors (Lipinski definition) is 2. The van der Waals surface area contributed by atoms with Crippen LogP contribution in [0.3, 0.4) is 0 Å². The largest absolute Gasteiger partial charge is 0.456 e. The van der Waals surface area contributed by atoms with Gasteiger partial charge in [0, 0.05) is 41.7 Å². The summed E-state index contributed by atoms with van der Waals surface area (Å²) in [4.78, 5) is 56.0. The van der Waals surface area contributed by atoms with Crippen molar-refractivity contribution in [2.75, 3.05) is 10.6 Å². The normalized spacial score (nSPS) is 10.9. The molecule has 6 heterocycles. The first-order valence-electron chi connectivity index (χ1n) is 13.8. The summed E-state index contributed by atoms with van der Waals surface area (Å²) in [5.74, 6) is 1.12. The van der Waals surface area contributed by atoms with Crippen LogP contribution in [-0.2, 0) is 0 Å². The van der Waals surface area contributed by atoms with Crippen molar-refractivity contribution in [1.29, 1.82) is 0 Å². The average Bonchev–Trinajstić information content (AvgIpc) is 3.68. The second kappa shape index (κ2) is 13.5. The molecule has 0 unspecified atom stereocenters. The lowest BCUT2D eigenvalue weighted by atomic mass is 10.2. The summed E-state index contributed by atoms with van der Waals surface area (Å²) in [5.41, 5.74) is 2.68. The van der Waals surface area contributed by atoms with Crippen molar-refractivity contribution in [2.45, 2.75) is 26.7 Å². The number of ether oxygens (including phenoxy) is 2. The monoisotopic (exact) mass is 651 g/mol. The van der Waals surface area contributed by atoms with Crippen molar-refractivity contribution in [3.05, 3.63) is 102 Å². The highest BCUT2D eigenvalue weighted by Crippen LogP contribution is 2.35. The van der Waals surface area contributed by atoms with Crippen molar-refractivity contribution in [1.82, 2.24) is 34.9 Å². The van der Waals surface area contributed by atoms with Gasteiger partial charge in [0.25, 0.3) is 11.8 Å². The van der Waals surface area contributed by atoms with Crippen LogP contribution in [0.2, 0.25) is 0 Å². The van der Waals surface area contributed by atoms with Crippen LogP contribution < -0.4 is 20.1 Å². The molecule has 6 rings (SSSR count). The standard InChI is InChI=1S/C31H25N9O4S2/c1-17(2)26-15-45-30(38-26)39-28(41)24-9-20(4-6-35-24)43-22-8-19(11-32-12-22)27-18(3)37-31(46-27)40-29(42)25-10-21(5-7-36-25)44-23-13-33-16-34-14-23/h4-17H,1-3H3,(H,37,40,42)(H,38,39,41). The second-order valence-electron chi connectivity index (χ2n) is 10.0. The van der Waals surface area contributed by atoms with Crippen molar-refractivity contribution in [3.8, 4) is 33.4 Å². The highest BCUT2D eigenvalue weighted by atomic mass is 32.1. The minimum absolute atomic E-state index is 0.151. The minimum Gasteiger partial charge on any atom is -0.456 e. The number of anilines is 2. The van der Waals surface area contributed by atoms with E-state index in [1.54, 1.807) is 36.7 Å². The summed E-state index contributed by atoms with van der Waals surface area (Å²) in [6.45, 7) is 5.92. The molecule has 0 aliphatic carbocycles. The summed E-state index contributed by atoms with van der Waals surface area (Å²) in [6, 6.07) is 8.15. The van der Waals surface area contributed by atoms with E-state index in [-0.39, 0.29) is 17.3 Å². The molecular weight excluding hydrogens is 627 g/mol. The van der Waals surface area contributed by atoms with Gasteiger partial charge in [-0.05, 0) is 31.0 Å². The minimum atomic E-state index is -0.446. The zero-order chi connectivity index (χ0) is 32.0. The van der Waals surface area contributed by atoms with E-state index in [4.69, 9.17) is 9.47 Å². The van der Waals surface area contributed by atoms with Crippen molar-refractivity contribution < 1.29 is 19.1 Å². The summed E-state index contributed by atoms with van der Waals surface area (Å²) in [6.07, 6.45) is 10.6. The van der Waals surface area contributed by atoms with E-state index in [2.05, 4.69) is 45.5 Å². The van der Waals surface area contributed by atoms with E-state index < -0.39 is 11.8 Å². The van der Waals surface area contributed by atoms with Gasteiger partial charge in [-0.15, -0.1) is 11.3 Å². The molecule has 6 aromatic heterocycles. The van der Waals surface area contributed by atoms with E-state index >= 15 is 0 Å². The topological polar surface area (TPSA) is 167 Å². The quantitative estimate of drug-likeness (QED) is 0.161. The van der Waals surface area contributed by atoms with Crippen molar-refractivity contribution in [3.63, 3.8) is 0 Å². The first-order valence-corrected chi connectivity index (χ1v) is 15.5. The molecule has 0 saturated heterocycles. The molecule has 46 heavy (non-hydrogen) atoms. The Morgan fingerprint density at radius 2 is 1.39 bits per heavy atom. The number of thiazole rings is 2. The third-order valence-electron chi connectivity index (χ3n) is 6.26. The van der Waals surface area contributed by atoms with Gasteiger partial charge < -0.3 is 9.47 Å². The average molecular weight is 652 g/mol. The molecular formula is C31H25N9O4S2. The maximum absolute atomic E-state index is 13.0. The van der Waals surface area contributed by atoms with Gasteiger partial charge in [0.05, 0.1) is 34.9 Å². The molecule has 0 radical (unpaired) electrons. The lowest BCUT2D eigenvalue weighted by Gasteiger charge is -2.08. The summed E-state index contributed by atoms with van der Waals surface area (Å²) in [7, 11) is 0. The molecule has 0 fully saturated rings. The fourth-order valence-electron chi connectivity index (χ4n) is 4.06. The predicted molar refractivity (Wildman–Crippen MR) is 173 cm³/mol. The summed E-state index contributed by atoms with van der Waals surface area (Å²) < 4.78 is 11.7. The van der Waals surface area contributed by atoms with Gasteiger partial charge in [-0.25, -0.2) is 19.9 Å². The molecule has 0 atom stereocenters. The third kappa shape index (κ3) is 7.34.